The van der Waals surface area contributed by atoms with Gasteiger partial charge in [0.2, 0.25) is 0 Å². The third kappa shape index (κ3) is 4.85. The molecule has 142 valence electrons. The summed E-state index contributed by atoms with van der Waals surface area (Å²) >= 11 is 7.71. The summed E-state index contributed by atoms with van der Waals surface area (Å²) in [7, 11) is 1.99. The van der Waals surface area contributed by atoms with Crippen molar-refractivity contribution in [3.63, 3.8) is 0 Å². The number of halogens is 1. The molecular weight excluding hydrogens is 378 g/mol. The number of para-hydroxylation sites is 1. The van der Waals surface area contributed by atoms with Crippen molar-refractivity contribution in [1.82, 2.24) is 14.8 Å². The fourth-order valence-electron chi connectivity index (χ4n) is 2.66. The zero-order valence-electron chi connectivity index (χ0n) is 16.1. The maximum absolute atomic E-state index is 6.10. The van der Waals surface area contributed by atoms with E-state index in [1.807, 2.05) is 35.9 Å². The summed E-state index contributed by atoms with van der Waals surface area (Å²) in [5.74, 6) is 2.34. The van der Waals surface area contributed by atoms with E-state index in [1.165, 1.54) is 5.56 Å². The van der Waals surface area contributed by atoms with Crippen molar-refractivity contribution < 1.29 is 4.74 Å². The fourth-order valence-corrected chi connectivity index (χ4v) is 3.58. The van der Waals surface area contributed by atoms with Crippen LogP contribution in [0, 0.1) is 0 Å². The summed E-state index contributed by atoms with van der Waals surface area (Å²) < 4.78 is 7.74. The summed E-state index contributed by atoms with van der Waals surface area (Å²) in [6.45, 7) is 7.19. The number of ether oxygens (including phenoxy) is 1. The number of thioether (sulfide) groups is 1. The molecule has 2 aromatic carbocycles. The molecule has 1 aromatic heterocycles. The molecule has 1 heterocycles. The van der Waals surface area contributed by atoms with Crippen LogP contribution in [0.4, 0.5) is 0 Å². The molecule has 0 aliphatic carbocycles. The Morgan fingerprint density at radius 3 is 2.41 bits per heavy atom. The first-order valence-corrected chi connectivity index (χ1v) is 10.2. The number of hydrogen-bond acceptors (Lipinski definition) is 4. The monoisotopic (exact) mass is 401 g/mol. The van der Waals surface area contributed by atoms with Crippen molar-refractivity contribution in [2.24, 2.45) is 7.05 Å². The highest BCUT2D eigenvalue weighted by Crippen LogP contribution is 2.27. The lowest BCUT2D eigenvalue weighted by molar-refractivity contribution is 0.344. The first-order valence-electron chi connectivity index (χ1n) is 8.86. The van der Waals surface area contributed by atoms with Crippen molar-refractivity contribution in [3.8, 4) is 17.1 Å². The Balaban J connectivity index is 1.61. The van der Waals surface area contributed by atoms with Crippen LogP contribution >= 0.6 is 23.4 Å². The van der Waals surface area contributed by atoms with E-state index in [0.717, 1.165) is 22.3 Å². The number of rotatable bonds is 6. The molecule has 0 saturated carbocycles. The Bertz CT molecular complexity index is 901. The van der Waals surface area contributed by atoms with Gasteiger partial charge >= 0.3 is 0 Å². The molecule has 0 unspecified atom stereocenters. The minimum atomic E-state index is 0.140. The maximum Gasteiger partial charge on any atom is 0.191 e. The van der Waals surface area contributed by atoms with E-state index >= 15 is 0 Å². The van der Waals surface area contributed by atoms with Crippen LogP contribution in [0.5, 0.6) is 5.75 Å². The zero-order valence-corrected chi connectivity index (χ0v) is 17.6. The van der Waals surface area contributed by atoms with Gasteiger partial charge in [-0.05, 0) is 23.1 Å². The number of nitrogens with zero attached hydrogens (tertiary/aromatic N) is 3. The van der Waals surface area contributed by atoms with E-state index in [1.54, 1.807) is 11.8 Å². The lowest BCUT2D eigenvalue weighted by atomic mass is 9.87. The standard InChI is InChI=1S/C21H24ClN3OS/c1-21(2,3)16-11-9-15(10-12-16)19-23-24-20(25(19)4)27-14-13-26-18-8-6-5-7-17(18)22/h5-12H,13-14H2,1-4H3. The number of benzene rings is 2. The molecule has 0 spiro atoms. The lowest BCUT2D eigenvalue weighted by Gasteiger charge is -2.19. The summed E-state index contributed by atoms with van der Waals surface area (Å²) in [6, 6.07) is 16.0. The third-order valence-corrected chi connectivity index (χ3v) is 5.55. The molecule has 3 rings (SSSR count). The molecule has 0 N–H and O–H groups in total. The van der Waals surface area contributed by atoms with E-state index < -0.39 is 0 Å². The molecule has 0 fully saturated rings. The van der Waals surface area contributed by atoms with Crippen LogP contribution in [-0.4, -0.2) is 27.1 Å². The Morgan fingerprint density at radius 2 is 1.74 bits per heavy atom. The summed E-state index contributed by atoms with van der Waals surface area (Å²) in [5, 5.41) is 10.2. The summed E-state index contributed by atoms with van der Waals surface area (Å²) in [4.78, 5) is 0. The quantitative estimate of drug-likeness (QED) is 0.398. The average Bonchev–Trinajstić information content (AvgIpc) is 3.00. The molecule has 6 heteroatoms. The van der Waals surface area contributed by atoms with E-state index in [2.05, 4.69) is 55.2 Å². The first-order chi connectivity index (χ1) is 12.9. The highest BCUT2D eigenvalue weighted by atomic mass is 35.5. The van der Waals surface area contributed by atoms with Crippen LogP contribution in [0.2, 0.25) is 5.02 Å². The summed E-state index contributed by atoms with van der Waals surface area (Å²) in [5.41, 5.74) is 2.51. The largest absolute Gasteiger partial charge is 0.491 e. The second kappa shape index (κ2) is 8.36. The topological polar surface area (TPSA) is 39.9 Å². The van der Waals surface area contributed by atoms with Gasteiger partial charge in [-0.1, -0.05) is 80.5 Å². The number of aromatic nitrogens is 3. The van der Waals surface area contributed by atoms with Gasteiger partial charge in [0.15, 0.2) is 11.0 Å². The van der Waals surface area contributed by atoms with Crippen LogP contribution in [0.25, 0.3) is 11.4 Å². The Labute approximate surface area is 169 Å². The van der Waals surface area contributed by atoms with Crippen molar-refractivity contribution in [3.05, 3.63) is 59.1 Å². The van der Waals surface area contributed by atoms with Gasteiger partial charge in [-0.15, -0.1) is 10.2 Å². The van der Waals surface area contributed by atoms with E-state index in [0.29, 0.717) is 17.4 Å². The van der Waals surface area contributed by atoms with Crippen molar-refractivity contribution >= 4 is 23.4 Å². The first kappa shape index (κ1) is 19.8. The van der Waals surface area contributed by atoms with Gasteiger partial charge in [-0.3, -0.25) is 0 Å². The van der Waals surface area contributed by atoms with Crippen molar-refractivity contribution in [2.75, 3.05) is 12.4 Å². The lowest BCUT2D eigenvalue weighted by Crippen LogP contribution is -2.10. The Kier molecular flexibility index (Phi) is 6.12. The van der Waals surface area contributed by atoms with Gasteiger partial charge in [0, 0.05) is 18.4 Å². The molecule has 0 aliphatic rings. The molecule has 0 bridgehead atoms. The third-order valence-electron chi connectivity index (χ3n) is 4.25. The van der Waals surface area contributed by atoms with Gasteiger partial charge in [0.25, 0.3) is 0 Å². The molecule has 3 aromatic rings. The van der Waals surface area contributed by atoms with Gasteiger partial charge in [-0.2, -0.15) is 0 Å². The molecule has 0 aliphatic heterocycles. The van der Waals surface area contributed by atoms with Gasteiger partial charge in [-0.25, -0.2) is 0 Å². The SMILES string of the molecule is Cn1c(SCCOc2ccccc2Cl)nnc1-c1ccc(C(C)(C)C)cc1. The van der Waals surface area contributed by atoms with E-state index in [4.69, 9.17) is 16.3 Å². The van der Waals surface area contributed by atoms with Gasteiger partial charge in [0.1, 0.15) is 5.75 Å². The van der Waals surface area contributed by atoms with E-state index in [9.17, 15) is 0 Å². The molecular formula is C21H24ClN3OS. The van der Waals surface area contributed by atoms with Crippen LogP contribution in [-0.2, 0) is 12.5 Å². The van der Waals surface area contributed by atoms with E-state index in [-0.39, 0.29) is 5.41 Å². The average molecular weight is 402 g/mol. The van der Waals surface area contributed by atoms with Crippen LogP contribution in [0.1, 0.15) is 26.3 Å². The smallest absolute Gasteiger partial charge is 0.191 e. The Hall–Kier alpha value is -1.98. The molecule has 0 radical (unpaired) electrons. The van der Waals surface area contributed by atoms with Crippen molar-refractivity contribution in [2.45, 2.75) is 31.3 Å². The second-order valence-corrected chi connectivity index (χ2v) is 8.79. The molecule has 0 saturated heterocycles. The predicted octanol–water partition coefficient (Wildman–Crippen LogP) is 5.60. The maximum atomic E-state index is 6.10. The molecule has 27 heavy (non-hydrogen) atoms. The van der Waals surface area contributed by atoms with Crippen LogP contribution < -0.4 is 4.74 Å². The highest BCUT2D eigenvalue weighted by molar-refractivity contribution is 7.99. The fraction of sp³-hybridized carbons (Fsp3) is 0.333. The highest BCUT2D eigenvalue weighted by Gasteiger charge is 2.15. The molecule has 0 atom stereocenters. The molecule has 0 amide bonds. The predicted molar refractivity (Wildman–Crippen MR) is 113 cm³/mol. The number of hydrogen-bond donors (Lipinski definition) is 0. The van der Waals surface area contributed by atoms with Crippen molar-refractivity contribution in [1.29, 1.82) is 0 Å². The van der Waals surface area contributed by atoms with Gasteiger partial charge < -0.3 is 9.30 Å². The minimum Gasteiger partial charge on any atom is -0.491 e. The molecule has 4 nitrogen and oxygen atoms in total. The normalized spacial score (nSPS) is 11.6. The second-order valence-electron chi connectivity index (χ2n) is 7.32. The zero-order chi connectivity index (χ0) is 19.4. The van der Waals surface area contributed by atoms with Crippen LogP contribution in [0.3, 0.4) is 0 Å². The Morgan fingerprint density at radius 1 is 1.04 bits per heavy atom. The van der Waals surface area contributed by atoms with Gasteiger partial charge in [0.05, 0.1) is 11.6 Å². The summed E-state index contributed by atoms with van der Waals surface area (Å²) in [6.07, 6.45) is 0. The van der Waals surface area contributed by atoms with Crippen LogP contribution in [0.15, 0.2) is 53.7 Å². The minimum absolute atomic E-state index is 0.140.